The molecular weight excluding hydrogens is 544 g/mol. The summed E-state index contributed by atoms with van der Waals surface area (Å²) in [7, 11) is 0. The summed E-state index contributed by atoms with van der Waals surface area (Å²) in [6.45, 7) is 0. The molecule has 1 aliphatic heterocycles. The van der Waals surface area contributed by atoms with Crippen LogP contribution in [0.25, 0.3) is 87.2 Å². The minimum Gasteiger partial charge on any atom is -0.456 e. The molecule has 0 aromatic heterocycles. The third kappa shape index (κ3) is 3.62. The van der Waals surface area contributed by atoms with Crippen molar-refractivity contribution in [2.45, 2.75) is 0 Å². The van der Waals surface area contributed by atoms with Gasteiger partial charge in [-0.3, -0.25) is 0 Å². The lowest BCUT2D eigenvalue weighted by Crippen LogP contribution is -1.98. The lowest BCUT2D eigenvalue weighted by atomic mass is 9.87. The molecule has 9 aromatic rings. The highest BCUT2D eigenvalue weighted by Gasteiger charge is 2.23. The molecular formula is C44H26O. The van der Waals surface area contributed by atoms with Gasteiger partial charge in [-0.05, 0) is 107 Å². The largest absolute Gasteiger partial charge is 0.456 e. The van der Waals surface area contributed by atoms with E-state index < -0.39 is 0 Å². The lowest BCUT2D eigenvalue weighted by molar-refractivity contribution is 0.487. The van der Waals surface area contributed by atoms with Crippen molar-refractivity contribution in [1.29, 1.82) is 0 Å². The molecule has 1 nitrogen and oxygen atoms in total. The van der Waals surface area contributed by atoms with Crippen molar-refractivity contribution in [1.82, 2.24) is 0 Å². The van der Waals surface area contributed by atoms with Crippen LogP contribution in [0.1, 0.15) is 0 Å². The number of benzene rings is 9. The molecule has 0 radical (unpaired) electrons. The van der Waals surface area contributed by atoms with Gasteiger partial charge in [-0.2, -0.15) is 0 Å². The van der Waals surface area contributed by atoms with Crippen LogP contribution in [0, 0.1) is 0 Å². The number of fused-ring (bicyclic) bond motifs is 8. The van der Waals surface area contributed by atoms with E-state index in [-0.39, 0.29) is 0 Å². The van der Waals surface area contributed by atoms with E-state index in [2.05, 4.69) is 158 Å². The molecule has 0 N–H and O–H groups in total. The summed E-state index contributed by atoms with van der Waals surface area (Å²) in [5.41, 5.74) is 7.16. The first-order valence-electron chi connectivity index (χ1n) is 15.5. The van der Waals surface area contributed by atoms with Crippen molar-refractivity contribution in [3.05, 3.63) is 158 Å². The zero-order valence-electron chi connectivity index (χ0n) is 24.4. The first kappa shape index (κ1) is 24.5. The summed E-state index contributed by atoms with van der Waals surface area (Å²) in [6, 6.07) is 57.3. The average molecular weight is 571 g/mol. The highest BCUT2D eigenvalue weighted by molar-refractivity contribution is 6.21. The summed E-state index contributed by atoms with van der Waals surface area (Å²) >= 11 is 0. The van der Waals surface area contributed by atoms with Gasteiger partial charge in [0, 0.05) is 10.9 Å². The second-order valence-corrected chi connectivity index (χ2v) is 12.1. The van der Waals surface area contributed by atoms with Crippen molar-refractivity contribution in [2.24, 2.45) is 0 Å². The zero-order chi connectivity index (χ0) is 29.5. The normalized spacial score (nSPS) is 12.2. The van der Waals surface area contributed by atoms with Gasteiger partial charge in [0.25, 0.3) is 0 Å². The summed E-state index contributed by atoms with van der Waals surface area (Å²) in [5, 5.41) is 12.5. The molecule has 10 rings (SSSR count). The van der Waals surface area contributed by atoms with Crippen LogP contribution in [0.15, 0.2) is 158 Å². The molecule has 0 fully saturated rings. The van der Waals surface area contributed by atoms with Crippen LogP contribution in [0.3, 0.4) is 0 Å². The fourth-order valence-electron chi connectivity index (χ4n) is 7.51. The SMILES string of the molecule is c1ccc2cc(-c3ccc4c5c(cccc35)Oc3cc(-c5cc6c7ccccc7ccc6c6ccccc56)ccc3-4)ccc2c1. The maximum Gasteiger partial charge on any atom is 0.135 e. The summed E-state index contributed by atoms with van der Waals surface area (Å²) in [4.78, 5) is 0. The Labute approximate surface area is 260 Å². The van der Waals surface area contributed by atoms with Crippen molar-refractivity contribution in [2.75, 3.05) is 0 Å². The molecule has 0 unspecified atom stereocenters. The van der Waals surface area contributed by atoms with E-state index in [9.17, 15) is 0 Å². The highest BCUT2D eigenvalue weighted by atomic mass is 16.5. The Morgan fingerprint density at radius 3 is 1.84 bits per heavy atom. The molecule has 1 heterocycles. The Morgan fingerprint density at radius 1 is 0.289 bits per heavy atom. The summed E-state index contributed by atoms with van der Waals surface area (Å²) in [5.74, 6) is 1.80. The molecule has 0 atom stereocenters. The highest BCUT2D eigenvalue weighted by Crippen LogP contribution is 2.50. The molecule has 1 heteroatoms. The Morgan fingerprint density at radius 2 is 0.933 bits per heavy atom. The standard InChI is InChI=1S/C44H26O/c1-2-10-29-24-30(17-16-27(29)8-1)33-22-23-39-37-21-19-31(25-43(37)45-42-15-7-14-38(33)44(39)42)40-26-41-32-11-4-3-9-28(32)18-20-36(41)34-12-5-6-13-35(34)40/h1-26H. The van der Waals surface area contributed by atoms with Gasteiger partial charge in [0.05, 0.1) is 0 Å². The van der Waals surface area contributed by atoms with Gasteiger partial charge < -0.3 is 4.74 Å². The second-order valence-electron chi connectivity index (χ2n) is 12.1. The molecule has 208 valence electrons. The van der Waals surface area contributed by atoms with E-state index in [0.717, 1.165) is 22.6 Å². The van der Waals surface area contributed by atoms with Crippen molar-refractivity contribution >= 4 is 53.9 Å². The first-order chi connectivity index (χ1) is 22.3. The smallest absolute Gasteiger partial charge is 0.135 e. The molecule has 0 bridgehead atoms. The van der Waals surface area contributed by atoms with E-state index in [1.807, 2.05) is 0 Å². The lowest BCUT2D eigenvalue weighted by Gasteiger charge is -2.23. The minimum atomic E-state index is 0.896. The summed E-state index contributed by atoms with van der Waals surface area (Å²) < 4.78 is 6.74. The number of ether oxygens (including phenoxy) is 1. The predicted molar refractivity (Wildman–Crippen MR) is 190 cm³/mol. The van der Waals surface area contributed by atoms with Crippen LogP contribution < -0.4 is 4.74 Å². The van der Waals surface area contributed by atoms with Crippen molar-refractivity contribution < 1.29 is 4.74 Å². The topological polar surface area (TPSA) is 9.23 Å². The van der Waals surface area contributed by atoms with Gasteiger partial charge in [0.1, 0.15) is 11.5 Å². The first-order valence-corrected chi connectivity index (χ1v) is 15.5. The van der Waals surface area contributed by atoms with Gasteiger partial charge in [-0.1, -0.05) is 127 Å². The molecule has 9 aromatic carbocycles. The Balaban J connectivity index is 1.16. The quantitative estimate of drug-likeness (QED) is 0.188. The van der Waals surface area contributed by atoms with Crippen LogP contribution in [0.4, 0.5) is 0 Å². The molecule has 1 aliphatic rings. The van der Waals surface area contributed by atoms with E-state index >= 15 is 0 Å². The van der Waals surface area contributed by atoms with Crippen LogP contribution in [0.2, 0.25) is 0 Å². The van der Waals surface area contributed by atoms with Crippen LogP contribution in [0.5, 0.6) is 11.5 Å². The van der Waals surface area contributed by atoms with E-state index in [4.69, 9.17) is 4.74 Å². The average Bonchev–Trinajstić information content (AvgIpc) is 3.11. The third-order valence-electron chi connectivity index (χ3n) is 9.63. The molecule has 0 amide bonds. The van der Waals surface area contributed by atoms with Gasteiger partial charge in [-0.15, -0.1) is 0 Å². The van der Waals surface area contributed by atoms with E-state index in [1.54, 1.807) is 0 Å². The van der Waals surface area contributed by atoms with Gasteiger partial charge in [-0.25, -0.2) is 0 Å². The number of hydrogen-bond donors (Lipinski definition) is 0. The minimum absolute atomic E-state index is 0.896. The van der Waals surface area contributed by atoms with Gasteiger partial charge in [0.15, 0.2) is 0 Å². The van der Waals surface area contributed by atoms with Gasteiger partial charge in [0.2, 0.25) is 0 Å². The Hall–Kier alpha value is -5.92. The molecule has 45 heavy (non-hydrogen) atoms. The molecule has 0 spiro atoms. The Bertz CT molecular complexity index is 2680. The molecule has 0 aliphatic carbocycles. The summed E-state index contributed by atoms with van der Waals surface area (Å²) in [6.07, 6.45) is 0. The van der Waals surface area contributed by atoms with Crippen LogP contribution in [-0.2, 0) is 0 Å². The maximum absolute atomic E-state index is 6.74. The second kappa shape index (κ2) is 9.29. The fraction of sp³-hybridized carbons (Fsp3) is 0. The zero-order valence-corrected chi connectivity index (χ0v) is 24.4. The van der Waals surface area contributed by atoms with E-state index in [1.165, 1.54) is 76.1 Å². The van der Waals surface area contributed by atoms with Crippen molar-refractivity contribution in [3.63, 3.8) is 0 Å². The monoisotopic (exact) mass is 570 g/mol. The molecule has 0 saturated heterocycles. The Kier molecular flexibility index (Phi) is 5.06. The molecule has 0 saturated carbocycles. The van der Waals surface area contributed by atoms with Crippen LogP contribution in [-0.4, -0.2) is 0 Å². The fourth-order valence-corrected chi connectivity index (χ4v) is 7.51. The van der Waals surface area contributed by atoms with Gasteiger partial charge >= 0.3 is 0 Å². The third-order valence-corrected chi connectivity index (χ3v) is 9.63. The van der Waals surface area contributed by atoms with E-state index in [0.29, 0.717) is 0 Å². The van der Waals surface area contributed by atoms with Crippen molar-refractivity contribution in [3.8, 4) is 44.9 Å². The number of hydrogen-bond acceptors (Lipinski definition) is 1. The maximum atomic E-state index is 6.74. The van der Waals surface area contributed by atoms with Crippen LogP contribution >= 0.6 is 0 Å². The predicted octanol–water partition coefficient (Wildman–Crippen LogP) is 12.6. The number of rotatable bonds is 2.